The lowest BCUT2D eigenvalue weighted by molar-refractivity contribution is -0.158. The number of carbonyl (C=O) groups is 2. The summed E-state index contributed by atoms with van der Waals surface area (Å²) < 4.78 is 38.9. The number of carbonyl (C=O) groups excluding carboxylic acids is 2. The largest absolute Gasteiger partial charge is 0.459 e. The first kappa shape index (κ1) is 29.6. The van der Waals surface area contributed by atoms with E-state index in [1.54, 1.807) is 54.5 Å². The Morgan fingerprint density at radius 3 is 2.42 bits per heavy atom. The summed E-state index contributed by atoms with van der Waals surface area (Å²) in [5.41, 5.74) is -0.447. The summed E-state index contributed by atoms with van der Waals surface area (Å²) in [5.74, 6) is 5.35. The van der Waals surface area contributed by atoms with Crippen LogP contribution in [0.4, 0.5) is 4.79 Å². The van der Waals surface area contributed by atoms with Crippen molar-refractivity contribution >= 4 is 22.1 Å². The van der Waals surface area contributed by atoms with Crippen molar-refractivity contribution in [1.29, 1.82) is 0 Å². The van der Waals surface area contributed by atoms with Gasteiger partial charge < -0.3 is 14.8 Å². The van der Waals surface area contributed by atoms with Crippen LogP contribution in [0, 0.1) is 18.8 Å². The van der Waals surface area contributed by atoms with E-state index in [-0.39, 0.29) is 17.1 Å². The quantitative estimate of drug-likeness (QED) is 0.328. The fraction of sp³-hybridized carbons (Fsp3) is 0.654. The molecule has 0 bridgehead atoms. The van der Waals surface area contributed by atoms with Crippen molar-refractivity contribution < 1.29 is 27.5 Å². The fourth-order valence-corrected chi connectivity index (χ4v) is 5.32. The summed E-state index contributed by atoms with van der Waals surface area (Å²) >= 11 is 0. The number of ether oxygens (including phenoxy) is 2. The topological polar surface area (TPSA) is 115 Å². The molecule has 9 nitrogen and oxygen atoms in total. The zero-order chi connectivity index (χ0) is 27.1. The Kier molecular flexibility index (Phi) is 9.92. The molecule has 2 heterocycles. The molecule has 1 saturated heterocycles. The van der Waals surface area contributed by atoms with Gasteiger partial charge in [0.15, 0.2) is 0 Å². The number of rotatable bonds is 7. The molecule has 2 rings (SSSR count). The van der Waals surface area contributed by atoms with Gasteiger partial charge in [0, 0.05) is 25.2 Å². The van der Waals surface area contributed by atoms with E-state index in [0.717, 1.165) is 0 Å². The lowest BCUT2D eigenvalue weighted by Crippen LogP contribution is -2.43. The third-order valence-electron chi connectivity index (χ3n) is 5.07. The van der Waals surface area contributed by atoms with Gasteiger partial charge in [-0.15, -0.1) is 0 Å². The molecular weight excluding hydrogens is 482 g/mol. The number of nitrogens with one attached hydrogen (secondary N) is 1. The van der Waals surface area contributed by atoms with E-state index in [1.165, 1.54) is 10.4 Å². The van der Waals surface area contributed by atoms with Crippen molar-refractivity contribution in [3.8, 4) is 11.8 Å². The molecular formula is C26H39N3O6S. The van der Waals surface area contributed by atoms with Crippen LogP contribution in [-0.4, -0.2) is 60.1 Å². The van der Waals surface area contributed by atoms with E-state index in [4.69, 9.17) is 9.47 Å². The second-order valence-corrected chi connectivity index (χ2v) is 12.7. The van der Waals surface area contributed by atoms with Crippen LogP contribution in [0.25, 0.3) is 0 Å². The van der Waals surface area contributed by atoms with Crippen molar-refractivity contribution in [1.82, 2.24) is 14.6 Å². The van der Waals surface area contributed by atoms with Gasteiger partial charge in [-0.05, 0) is 92.2 Å². The zero-order valence-corrected chi connectivity index (χ0v) is 23.3. The van der Waals surface area contributed by atoms with Crippen LogP contribution in [0.15, 0.2) is 17.0 Å². The zero-order valence-electron chi connectivity index (χ0n) is 22.4. The highest BCUT2D eigenvalue weighted by atomic mass is 32.2. The number of unbranched alkanes of at least 4 members (excludes halogenated alkanes) is 2. The lowest BCUT2D eigenvalue weighted by atomic mass is 10.2. The van der Waals surface area contributed by atoms with Crippen molar-refractivity contribution in [2.75, 3.05) is 13.1 Å². The predicted octanol–water partition coefficient (Wildman–Crippen LogP) is 3.93. The highest BCUT2D eigenvalue weighted by Crippen LogP contribution is 2.29. The maximum absolute atomic E-state index is 13.5. The van der Waals surface area contributed by atoms with Gasteiger partial charge in [-0.3, -0.25) is 4.79 Å². The molecule has 0 spiro atoms. The number of esters is 1. The minimum absolute atomic E-state index is 0.0114. The molecule has 1 N–H and O–H groups in total. The number of alkyl carbamates (subject to hydrolysis) is 1. The number of sulfonamides is 1. The van der Waals surface area contributed by atoms with Gasteiger partial charge in [-0.1, -0.05) is 5.92 Å². The third kappa shape index (κ3) is 9.10. The van der Waals surface area contributed by atoms with Crippen LogP contribution < -0.4 is 5.32 Å². The first-order valence-electron chi connectivity index (χ1n) is 12.3. The molecule has 1 fully saturated rings. The number of nitrogens with zero attached hydrogens (tertiary/aromatic N) is 2. The van der Waals surface area contributed by atoms with Crippen molar-refractivity contribution in [2.24, 2.45) is 0 Å². The minimum atomic E-state index is -4.01. The number of amides is 1. The minimum Gasteiger partial charge on any atom is -0.459 e. The number of aryl methyl sites for hydroxylation is 1. The van der Waals surface area contributed by atoms with Crippen LogP contribution >= 0.6 is 0 Å². The van der Waals surface area contributed by atoms with Gasteiger partial charge in [-0.25, -0.2) is 18.2 Å². The Hall–Kier alpha value is -2.64. The molecule has 0 aliphatic carbocycles. The Morgan fingerprint density at radius 2 is 1.78 bits per heavy atom. The summed E-state index contributed by atoms with van der Waals surface area (Å²) in [5, 5.41) is 2.70. The van der Waals surface area contributed by atoms with E-state index < -0.39 is 39.3 Å². The van der Waals surface area contributed by atoms with Crippen molar-refractivity contribution in [3.05, 3.63) is 23.5 Å². The van der Waals surface area contributed by atoms with Gasteiger partial charge in [0.05, 0.1) is 0 Å². The summed E-state index contributed by atoms with van der Waals surface area (Å²) in [6.45, 7) is 13.1. The third-order valence-corrected chi connectivity index (χ3v) is 7.01. The Morgan fingerprint density at radius 1 is 1.11 bits per heavy atom. The van der Waals surface area contributed by atoms with E-state index in [9.17, 15) is 18.0 Å². The molecule has 0 aromatic carbocycles. The summed E-state index contributed by atoms with van der Waals surface area (Å²) in [4.78, 5) is 28.7. The second kappa shape index (κ2) is 12.1. The molecule has 1 amide bonds. The normalized spacial score (nSPS) is 16.7. The summed E-state index contributed by atoms with van der Waals surface area (Å²) in [6.07, 6.45) is 2.44. The van der Waals surface area contributed by atoms with E-state index in [1.807, 2.05) is 0 Å². The van der Waals surface area contributed by atoms with Gasteiger partial charge >= 0.3 is 12.1 Å². The van der Waals surface area contributed by atoms with Crippen molar-refractivity contribution in [3.63, 3.8) is 0 Å². The Balaban J connectivity index is 2.07. The second-order valence-electron chi connectivity index (χ2n) is 10.8. The SMILES string of the molecule is Cc1ccc(S(=O)(=O)N2CCC[C@H]2C(=O)OC(C)(C)C)c(C#CCCCCNC(=O)OC(C)(C)C)n1. The summed E-state index contributed by atoms with van der Waals surface area (Å²) in [7, 11) is -4.01. The maximum atomic E-state index is 13.5. The first-order valence-corrected chi connectivity index (χ1v) is 13.7. The smallest absolute Gasteiger partial charge is 0.407 e. The first-order chi connectivity index (χ1) is 16.6. The van der Waals surface area contributed by atoms with Crippen molar-refractivity contribution in [2.45, 2.75) is 103 Å². The fourth-order valence-electron chi connectivity index (χ4n) is 3.59. The molecule has 36 heavy (non-hydrogen) atoms. The van der Waals surface area contributed by atoms with Gasteiger partial charge in [-0.2, -0.15) is 4.31 Å². The Bertz CT molecular complexity index is 1110. The number of hydrogen-bond donors (Lipinski definition) is 1. The monoisotopic (exact) mass is 521 g/mol. The maximum Gasteiger partial charge on any atom is 0.407 e. The van der Waals surface area contributed by atoms with Gasteiger partial charge in [0.1, 0.15) is 27.8 Å². The summed E-state index contributed by atoms with van der Waals surface area (Å²) in [6, 6.07) is 2.25. The molecule has 200 valence electrons. The van der Waals surface area contributed by atoms with Crippen LogP contribution in [0.2, 0.25) is 0 Å². The molecule has 0 saturated carbocycles. The molecule has 1 aromatic heterocycles. The van der Waals surface area contributed by atoms with Crippen LogP contribution in [0.5, 0.6) is 0 Å². The van der Waals surface area contributed by atoms with Crippen LogP contribution in [0.1, 0.15) is 85.0 Å². The predicted molar refractivity (Wildman–Crippen MR) is 137 cm³/mol. The molecule has 10 heteroatoms. The molecule has 0 unspecified atom stereocenters. The molecule has 1 atom stereocenters. The molecule has 0 radical (unpaired) electrons. The van der Waals surface area contributed by atoms with Crippen LogP contribution in [0.3, 0.4) is 0 Å². The van der Waals surface area contributed by atoms with Crippen LogP contribution in [-0.2, 0) is 24.3 Å². The highest BCUT2D eigenvalue weighted by Gasteiger charge is 2.42. The van der Waals surface area contributed by atoms with E-state index in [2.05, 4.69) is 22.1 Å². The molecule has 1 aromatic rings. The van der Waals surface area contributed by atoms with E-state index in [0.29, 0.717) is 44.3 Å². The molecule has 1 aliphatic rings. The average molecular weight is 522 g/mol. The number of pyridine rings is 1. The number of hydrogen-bond acceptors (Lipinski definition) is 7. The van der Waals surface area contributed by atoms with Gasteiger partial charge in [0.25, 0.3) is 0 Å². The standard InChI is InChI=1S/C26H39N3O6S/c1-19-15-16-22(36(32,33)29-18-12-14-21(29)23(30)34-25(2,3)4)20(28-19)13-10-8-9-11-17-27-24(31)35-26(5,6)7/h15-16,21H,8-9,11-12,14,17-18H2,1-7H3,(H,27,31)/t21-/m0/s1. The highest BCUT2D eigenvalue weighted by molar-refractivity contribution is 7.89. The average Bonchev–Trinajstić information content (AvgIpc) is 3.21. The molecule has 1 aliphatic heterocycles. The number of aromatic nitrogens is 1. The van der Waals surface area contributed by atoms with E-state index >= 15 is 0 Å². The lowest BCUT2D eigenvalue weighted by Gasteiger charge is -2.27. The van der Waals surface area contributed by atoms with Gasteiger partial charge in [0.2, 0.25) is 10.0 Å². The Labute approximate surface area is 215 Å².